The van der Waals surface area contributed by atoms with Gasteiger partial charge in [0.2, 0.25) is 0 Å². The standard InChI is InChI=1S/C27H32N4O3/c1-27(2,3)34-26(33)31-22-10-7-17(16-30-11-5-4-6-12-30)13-18(22)14-23(31)19-8-9-21(28)20-15-29-25(32)24(19)20/h7-10,13-14H,4-6,11-12,15-16,28H2,1-3H3,(H,29,32). The summed E-state index contributed by atoms with van der Waals surface area (Å²) in [5.74, 6) is -0.177. The maximum absolute atomic E-state index is 13.4. The van der Waals surface area contributed by atoms with E-state index in [1.165, 1.54) is 24.8 Å². The summed E-state index contributed by atoms with van der Waals surface area (Å²) in [4.78, 5) is 28.6. The number of nitrogens with zero attached hydrogens (tertiary/aromatic N) is 2. The Morgan fingerprint density at radius 2 is 1.85 bits per heavy atom. The third kappa shape index (κ3) is 4.16. The summed E-state index contributed by atoms with van der Waals surface area (Å²) in [5.41, 5.74) is 10.7. The van der Waals surface area contributed by atoms with Crippen molar-refractivity contribution in [2.75, 3.05) is 18.8 Å². The average molecular weight is 461 g/mol. The first-order chi connectivity index (χ1) is 16.2. The summed E-state index contributed by atoms with van der Waals surface area (Å²) in [6.07, 6.45) is 3.32. The van der Waals surface area contributed by atoms with E-state index >= 15 is 0 Å². The van der Waals surface area contributed by atoms with Crippen molar-refractivity contribution in [3.63, 3.8) is 0 Å². The second kappa shape index (κ2) is 8.47. The zero-order valence-electron chi connectivity index (χ0n) is 20.1. The molecule has 1 aromatic heterocycles. The highest BCUT2D eigenvalue weighted by atomic mass is 16.6. The highest BCUT2D eigenvalue weighted by Gasteiger charge is 2.29. The molecule has 2 aliphatic rings. The molecule has 178 valence electrons. The number of benzene rings is 2. The van der Waals surface area contributed by atoms with Crippen LogP contribution in [0.5, 0.6) is 0 Å². The third-order valence-corrected chi connectivity index (χ3v) is 6.57. The minimum Gasteiger partial charge on any atom is -0.443 e. The van der Waals surface area contributed by atoms with Gasteiger partial charge in [0.05, 0.1) is 16.8 Å². The third-order valence-electron chi connectivity index (χ3n) is 6.57. The molecule has 5 rings (SSSR count). The smallest absolute Gasteiger partial charge is 0.419 e. The Balaban J connectivity index is 1.64. The van der Waals surface area contributed by atoms with Crippen LogP contribution in [0.4, 0.5) is 10.5 Å². The number of ether oxygens (including phenoxy) is 1. The van der Waals surface area contributed by atoms with Gasteiger partial charge >= 0.3 is 6.09 Å². The molecule has 0 bridgehead atoms. The fourth-order valence-electron chi connectivity index (χ4n) is 5.03. The van der Waals surface area contributed by atoms with E-state index in [9.17, 15) is 9.59 Å². The topological polar surface area (TPSA) is 89.6 Å². The number of nitrogen functional groups attached to an aromatic ring is 1. The van der Waals surface area contributed by atoms with Crippen LogP contribution < -0.4 is 11.1 Å². The first-order valence-electron chi connectivity index (χ1n) is 12.0. The molecule has 3 N–H and O–H groups in total. The molecule has 7 nitrogen and oxygen atoms in total. The van der Waals surface area contributed by atoms with Gasteiger partial charge < -0.3 is 15.8 Å². The molecule has 0 atom stereocenters. The summed E-state index contributed by atoms with van der Waals surface area (Å²) in [5, 5.41) is 3.81. The summed E-state index contributed by atoms with van der Waals surface area (Å²) in [7, 11) is 0. The number of fused-ring (bicyclic) bond motifs is 2. The Bertz CT molecular complexity index is 1280. The number of anilines is 1. The van der Waals surface area contributed by atoms with Gasteiger partial charge in [-0.25, -0.2) is 9.36 Å². The van der Waals surface area contributed by atoms with Crippen LogP contribution in [0.25, 0.3) is 22.2 Å². The highest BCUT2D eigenvalue weighted by molar-refractivity contribution is 6.08. The Morgan fingerprint density at radius 1 is 1.09 bits per heavy atom. The first-order valence-corrected chi connectivity index (χ1v) is 12.0. The van der Waals surface area contributed by atoms with Gasteiger partial charge in [-0.05, 0) is 82.6 Å². The van der Waals surface area contributed by atoms with Crippen molar-refractivity contribution in [3.8, 4) is 11.3 Å². The Hall–Kier alpha value is -3.32. The second-order valence-corrected chi connectivity index (χ2v) is 10.3. The number of aromatic nitrogens is 1. The minimum atomic E-state index is -0.653. The van der Waals surface area contributed by atoms with E-state index < -0.39 is 11.7 Å². The molecule has 0 radical (unpaired) electrons. The number of rotatable bonds is 3. The summed E-state index contributed by atoms with van der Waals surface area (Å²) < 4.78 is 7.35. The monoisotopic (exact) mass is 460 g/mol. The number of piperidine rings is 1. The highest BCUT2D eigenvalue weighted by Crippen LogP contribution is 2.36. The fourth-order valence-corrected chi connectivity index (χ4v) is 5.03. The molecule has 3 heterocycles. The lowest BCUT2D eigenvalue weighted by Crippen LogP contribution is -2.29. The predicted octanol–water partition coefficient (Wildman–Crippen LogP) is 4.90. The van der Waals surface area contributed by atoms with E-state index in [0.29, 0.717) is 29.1 Å². The van der Waals surface area contributed by atoms with E-state index in [0.717, 1.165) is 36.1 Å². The molecule has 1 amide bonds. The van der Waals surface area contributed by atoms with Crippen molar-refractivity contribution in [2.45, 2.75) is 58.7 Å². The van der Waals surface area contributed by atoms with Gasteiger partial charge in [0.1, 0.15) is 5.60 Å². The minimum absolute atomic E-state index is 0.177. The molecule has 0 saturated carbocycles. The van der Waals surface area contributed by atoms with Gasteiger partial charge in [-0.2, -0.15) is 0 Å². The molecular formula is C27H32N4O3. The van der Waals surface area contributed by atoms with Crippen LogP contribution in [0.15, 0.2) is 36.4 Å². The van der Waals surface area contributed by atoms with Crippen LogP contribution in [0, 0.1) is 0 Å². The van der Waals surface area contributed by atoms with Gasteiger partial charge in [-0.15, -0.1) is 0 Å². The number of hydrogen-bond acceptors (Lipinski definition) is 5. The lowest BCUT2D eigenvalue weighted by atomic mass is 9.98. The van der Waals surface area contributed by atoms with Crippen LogP contribution in [-0.2, 0) is 17.8 Å². The molecule has 1 fully saturated rings. The summed E-state index contributed by atoms with van der Waals surface area (Å²) >= 11 is 0. The SMILES string of the molecule is CC(C)(C)OC(=O)n1c(-c2ccc(N)c3c2C(=O)NC3)cc2cc(CN3CCCCC3)ccc21. The molecule has 0 unspecified atom stereocenters. The summed E-state index contributed by atoms with van der Waals surface area (Å²) in [6, 6.07) is 11.8. The van der Waals surface area contributed by atoms with Gasteiger partial charge in [0, 0.05) is 35.3 Å². The number of nitrogens with two attached hydrogens (primary N) is 1. The first kappa shape index (κ1) is 22.5. The van der Waals surface area contributed by atoms with Crippen molar-refractivity contribution < 1.29 is 14.3 Å². The molecule has 2 aliphatic heterocycles. The van der Waals surface area contributed by atoms with Crippen LogP contribution in [-0.4, -0.2) is 40.2 Å². The lowest BCUT2D eigenvalue weighted by molar-refractivity contribution is 0.0547. The Labute approximate surface area is 199 Å². The lowest BCUT2D eigenvalue weighted by Gasteiger charge is -2.26. The van der Waals surface area contributed by atoms with E-state index in [-0.39, 0.29) is 5.91 Å². The molecule has 3 aromatic rings. The molecule has 7 heteroatoms. The van der Waals surface area contributed by atoms with E-state index in [1.54, 1.807) is 10.6 Å². The van der Waals surface area contributed by atoms with Crippen molar-refractivity contribution >= 4 is 28.6 Å². The fraction of sp³-hybridized carbons (Fsp3) is 0.407. The van der Waals surface area contributed by atoms with Gasteiger partial charge in [-0.1, -0.05) is 12.5 Å². The molecule has 0 spiro atoms. The number of carbonyl (C=O) groups is 2. The molecular weight excluding hydrogens is 428 g/mol. The van der Waals surface area contributed by atoms with Crippen LogP contribution >= 0.6 is 0 Å². The Morgan fingerprint density at radius 3 is 2.59 bits per heavy atom. The van der Waals surface area contributed by atoms with E-state index in [4.69, 9.17) is 10.5 Å². The number of carbonyl (C=O) groups excluding carboxylic acids is 2. The normalized spacial score (nSPS) is 16.5. The van der Waals surface area contributed by atoms with Crippen molar-refractivity contribution in [1.29, 1.82) is 0 Å². The predicted molar refractivity (Wildman–Crippen MR) is 134 cm³/mol. The van der Waals surface area contributed by atoms with Gasteiger partial charge in [0.15, 0.2) is 0 Å². The number of amides is 1. The van der Waals surface area contributed by atoms with Gasteiger partial charge in [-0.3, -0.25) is 9.69 Å². The maximum atomic E-state index is 13.4. The van der Waals surface area contributed by atoms with Crippen molar-refractivity contribution in [2.24, 2.45) is 0 Å². The number of hydrogen-bond donors (Lipinski definition) is 2. The second-order valence-electron chi connectivity index (χ2n) is 10.3. The molecule has 1 saturated heterocycles. The zero-order valence-corrected chi connectivity index (χ0v) is 20.1. The molecule has 0 aliphatic carbocycles. The maximum Gasteiger partial charge on any atom is 0.419 e. The zero-order chi connectivity index (χ0) is 24.0. The molecule has 2 aromatic carbocycles. The molecule has 34 heavy (non-hydrogen) atoms. The van der Waals surface area contributed by atoms with E-state index in [2.05, 4.69) is 22.3 Å². The quantitative estimate of drug-likeness (QED) is 0.543. The number of likely N-dealkylation sites (tertiary alicyclic amines) is 1. The van der Waals surface area contributed by atoms with Crippen LogP contribution in [0.2, 0.25) is 0 Å². The summed E-state index contributed by atoms with van der Waals surface area (Å²) in [6.45, 7) is 9.07. The van der Waals surface area contributed by atoms with Gasteiger partial charge in [0.25, 0.3) is 5.91 Å². The Kier molecular flexibility index (Phi) is 5.60. The van der Waals surface area contributed by atoms with Crippen LogP contribution in [0.3, 0.4) is 0 Å². The largest absolute Gasteiger partial charge is 0.443 e. The van der Waals surface area contributed by atoms with Crippen molar-refractivity contribution in [3.05, 3.63) is 53.1 Å². The van der Waals surface area contributed by atoms with Crippen molar-refractivity contribution in [1.82, 2.24) is 14.8 Å². The number of nitrogens with one attached hydrogen (secondary N) is 1. The van der Waals surface area contributed by atoms with Crippen LogP contribution in [0.1, 0.15) is 61.5 Å². The van der Waals surface area contributed by atoms with E-state index in [1.807, 2.05) is 39.0 Å². The average Bonchev–Trinajstić information content (AvgIpc) is 3.35.